The van der Waals surface area contributed by atoms with Crippen LogP contribution < -0.4 is 15.8 Å². The number of anilines is 1. The van der Waals surface area contributed by atoms with E-state index in [9.17, 15) is 35.5 Å². The van der Waals surface area contributed by atoms with Crippen LogP contribution in [0, 0.1) is 0 Å². The molecule has 16 heteroatoms. The molecule has 4 heterocycles. The maximum absolute atomic E-state index is 14.6. The number of rotatable bonds is 7. The van der Waals surface area contributed by atoms with Gasteiger partial charge in [0.05, 0.1) is 24.4 Å². The van der Waals surface area contributed by atoms with E-state index in [1.807, 2.05) is 0 Å². The first-order chi connectivity index (χ1) is 17.8. The highest BCUT2D eigenvalue weighted by Gasteiger charge is 2.38. The molecule has 1 fully saturated rings. The highest BCUT2D eigenvalue weighted by atomic mass is 19.4. The number of nitrogen functional groups attached to an aromatic ring is 1. The molecule has 2 unspecified atom stereocenters. The van der Waals surface area contributed by atoms with Crippen molar-refractivity contribution in [3.8, 4) is 17.1 Å². The van der Waals surface area contributed by atoms with Gasteiger partial charge in [0.25, 0.3) is 5.91 Å². The van der Waals surface area contributed by atoms with E-state index in [4.69, 9.17) is 10.5 Å². The zero-order valence-electron chi connectivity index (χ0n) is 19.8. The van der Waals surface area contributed by atoms with Crippen molar-refractivity contribution in [3.63, 3.8) is 0 Å². The second-order valence-electron chi connectivity index (χ2n) is 8.70. The van der Waals surface area contributed by atoms with Crippen molar-refractivity contribution in [1.29, 1.82) is 0 Å². The van der Waals surface area contributed by atoms with E-state index in [-0.39, 0.29) is 48.8 Å². The number of carbonyl (C=O) groups is 1. The molecule has 206 valence electrons. The molecular formula is C22H22F7N7O2. The summed E-state index contributed by atoms with van der Waals surface area (Å²) in [5.74, 6) is -1.41. The minimum absolute atomic E-state index is 0.000472. The van der Waals surface area contributed by atoms with Crippen LogP contribution in [-0.4, -0.2) is 75.5 Å². The molecule has 2 atom stereocenters. The van der Waals surface area contributed by atoms with Crippen molar-refractivity contribution in [3.05, 3.63) is 35.8 Å². The van der Waals surface area contributed by atoms with Crippen molar-refractivity contribution in [2.45, 2.75) is 37.4 Å². The smallest absolute Gasteiger partial charge is 0.418 e. The fourth-order valence-corrected chi connectivity index (χ4v) is 4.32. The molecule has 0 spiro atoms. The predicted octanol–water partition coefficient (Wildman–Crippen LogP) is 3.50. The number of nitrogens with one attached hydrogen (secondary N) is 1. The number of ether oxygens (including phenoxy) is 1. The molecule has 0 bridgehead atoms. The molecule has 0 saturated carbocycles. The van der Waals surface area contributed by atoms with Gasteiger partial charge in [-0.3, -0.25) is 9.69 Å². The number of aromatic nitrogens is 4. The van der Waals surface area contributed by atoms with Gasteiger partial charge in [-0.2, -0.15) is 31.4 Å². The molecule has 3 N–H and O–H groups in total. The number of hydrogen-bond acceptors (Lipinski definition) is 7. The Kier molecular flexibility index (Phi) is 7.36. The number of nitrogens with two attached hydrogens (primary N) is 1. The topological polar surface area (TPSA) is 111 Å². The van der Waals surface area contributed by atoms with Gasteiger partial charge in [-0.15, -0.1) is 0 Å². The standard InChI is InChI=1S/C22H22F7N7O2/c1-38-20-12(19(37)34-15-9-35(8-14(15)23)4-2-3-21(24,25)26)5-11(7-31-20)16-6-13(22(27,28)29)17-18(30)32-10-33-36(16)17/h5-7,10,14-15H,2-4,8-9H2,1H3,(H,34,37)(H2,30,32,33). The lowest BCUT2D eigenvalue weighted by molar-refractivity contribution is -0.137. The number of halogens is 7. The molecule has 1 aliphatic rings. The number of carbonyl (C=O) groups excluding carboxylic acids is 1. The highest BCUT2D eigenvalue weighted by molar-refractivity contribution is 5.98. The quantitative estimate of drug-likeness (QED) is 0.434. The number of hydrogen-bond donors (Lipinski definition) is 2. The van der Waals surface area contributed by atoms with Crippen molar-refractivity contribution < 1.29 is 40.3 Å². The molecule has 4 rings (SSSR count). The first-order valence-corrected chi connectivity index (χ1v) is 11.3. The van der Waals surface area contributed by atoms with Crippen LogP contribution in [0.2, 0.25) is 0 Å². The summed E-state index contributed by atoms with van der Waals surface area (Å²) in [4.78, 5) is 22.1. The van der Waals surface area contributed by atoms with E-state index in [1.165, 1.54) is 24.3 Å². The summed E-state index contributed by atoms with van der Waals surface area (Å²) in [7, 11) is 1.22. The van der Waals surface area contributed by atoms with Gasteiger partial charge >= 0.3 is 12.4 Å². The normalized spacial score (nSPS) is 18.7. The minimum atomic E-state index is -4.78. The molecule has 0 aromatic carbocycles. The van der Waals surface area contributed by atoms with Crippen LogP contribution in [0.4, 0.5) is 36.6 Å². The van der Waals surface area contributed by atoms with Crippen LogP contribution in [-0.2, 0) is 6.18 Å². The number of methoxy groups -OCH3 is 1. The van der Waals surface area contributed by atoms with Gasteiger partial charge in [0.2, 0.25) is 5.88 Å². The van der Waals surface area contributed by atoms with E-state index < -0.39 is 53.8 Å². The Morgan fingerprint density at radius 3 is 2.58 bits per heavy atom. The molecule has 0 radical (unpaired) electrons. The summed E-state index contributed by atoms with van der Waals surface area (Å²) in [6, 6.07) is 0.976. The Morgan fingerprint density at radius 2 is 1.92 bits per heavy atom. The van der Waals surface area contributed by atoms with E-state index in [1.54, 1.807) is 0 Å². The fourth-order valence-electron chi connectivity index (χ4n) is 4.32. The second kappa shape index (κ2) is 10.2. The summed E-state index contributed by atoms with van der Waals surface area (Å²) in [5.41, 5.74) is 3.86. The summed E-state index contributed by atoms with van der Waals surface area (Å²) < 4.78 is 98.8. The van der Waals surface area contributed by atoms with Gasteiger partial charge in [-0.05, 0) is 25.1 Å². The maximum atomic E-state index is 14.6. The first kappa shape index (κ1) is 27.3. The Morgan fingerprint density at radius 1 is 1.18 bits per heavy atom. The molecule has 1 saturated heterocycles. The Bertz CT molecular complexity index is 1330. The summed E-state index contributed by atoms with van der Waals surface area (Å²) in [5, 5.41) is 6.33. The molecule has 1 amide bonds. The van der Waals surface area contributed by atoms with E-state index in [0.29, 0.717) is 0 Å². The third-order valence-electron chi connectivity index (χ3n) is 6.05. The summed E-state index contributed by atoms with van der Waals surface area (Å²) in [6.07, 6.45) is -9.72. The van der Waals surface area contributed by atoms with Crippen LogP contribution in [0.25, 0.3) is 16.8 Å². The fraction of sp³-hybridized carbons (Fsp3) is 0.455. The summed E-state index contributed by atoms with van der Waals surface area (Å²) in [6.45, 7) is -0.176. The number of likely N-dealkylation sites (tertiary alicyclic amines) is 1. The van der Waals surface area contributed by atoms with E-state index in [2.05, 4.69) is 20.4 Å². The van der Waals surface area contributed by atoms with Crippen LogP contribution >= 0.6 is 0 Å². The van der Waals surface area contributed by atoms with Gasteiger partial charge in [-0.1, -0.05) is 0 Å². The second-order valence-corrected chi connectivity index (χ2v) is 8.70. The maximum Gasteiger partial charge on any atom is 0.418 e. The van der Waals surface area contributed by atoms with E-state index >= 15 is 0 Å². The number of nitrogens with zero attached hydrogens (tertiary/aromatic N) is 5. The molecule has 0 aliphatic carbocycles. The van der Waals surface area contributed by atoms with Crippen molar-refractivity contribution in [2.24, 2.45) is 0 Å². The Balaban J connectivity index is 1.59. The Labute approximate surface area is 210 Å². The lowest BCUT2D eigenvalue weighted by Gasteiger charge is -2.17. The predicted molar refractivity (Wildman–Crippen MR) is 120 cm³/mol. The van der Waals surface area contributed by atoms with Gasteiger partial charge in [0.1, 0.15) is 23.6 Å². The molecular weight excluding hydrogens is 527 g/mol. The molecule has 9 nitrogen and oxygen atoms in total. The number of amides is 1. The lowest BCUT2D eigenvalue weighted by atomic mass is 10.1. The van der Waals surface area contributed by atoms with E-state index in [0.717, 1.165) is 16.9 Å². The van der Waals surface area contributed by atoms with Crippen molar-refractivity contribution in [1.82, 2.24) is 29.8 Å². The lowest BCUT2D eigenvalue weighted by Crippen LogP contribution is -2.41. The molecule has 38 heavy (non-hydrogen) atoms. The third-order valence-corrected chi connectivity index (χ3v) is 6.05. The molecule has 3 aromatic rings. The average molecular weight is 549 g/mol. The van der Waals surface area contributed by atoms with Gasteiger partial charge in [0, 0.05) is 31.3 Å². The highest BCUT2D eigenvalue weighted by Crippen LogP contribution is 2.39. The minimum Gasteiger partial charge on any atom is -0.480 e. The first-order valence-electron chi connectivity index (χ1n) is 11.3. The van der Waals surface area contributed by atoms with Crippen LogP contribution in [0.1, 0.15) is 28.8 Å². The summed E-state index contributed by atoms with van der Waals surface area (Å²) >= 11 is 0. The van der Waals surface area contributed by atoms with Crippen LogP contribution in [0.5, 0.6) is 5.88 Å². The SMILES string of the molecule is COc1ncc(-c2cc(C(F)(F)F)c3c(N)ncnn23)cc1C(=O)NC1CN(CCCC(F)(F)F)CC1F. The third kappa shape index (κ3) is 5.74. The number of fused-ring (bicyclic) bond motifs is 1. The average Bonchev–Trinajstić information content (AvgIpc) is 3.39. The van der Waals surface area contributed by atoms with Gasteiger partial charge in [-0.25, -0.2) is 18.9 Å². The zero-order chi connectivity index (χ0) is 27.8. The monoisotopic (exact) mass is 549 g/mol. The van der Waals surface area contributed by atoms with Gasteiger partial charge in [0.15, 0.2) is 5.82 Å². The Hall–Kier alpha value is -3.69. The van der Waals surface area contributed by atoms with Crippen molar-refractivity contribution in [2.75, 3.05) is 32.5 Å². The van der Waals surface area contributed by atoms with Crippen LogP contribution in [0.3, 0.4) is 0 Å². The largest absolute Gasteiger partial charge is 0.480 e. The van der Waals surface area contributed by atoms with Crippen molar-refractivity contribution >= 4 is 17.2 Å². The van der Waals surface area contributed by atoms with Gasteiger partial charge < -0.3 is 15.8 Å². The molecule has 3 aromatic heterocycles. The molecule has 1 aliphatic heterocycles. The zero-order valence-corrected chi connectivity index (χ0v) is 19.8. The number of alkyl halides is 7. The number of pyridine rings is 1. The van der Waals surface area contributed by atoms with Crippen LogP contribution in [0.15, 0.2) is 24.7 Å².